The van der Waals surface area contributed by atoms with Gasteiger partial charge in [-0.05, 0) is 18.2 Å². The normalized spacial score (nSPS) is 16.1. The van der Waals surface area contributed by atoms with Crippen molar-refractivity contribution >= 4 is 11.6 Å². The standard InChI is InChI=1S/C27H33N5O3/c1-33-22-9-8-20(26(16-22)35-3)18-30-11-10-23-21(19-30)17-28-27(29-23)32-14-12-31(13-15-32)24-6-4-5-7-25(24)34-2/h4-9,16-17H,10-15,18-19H2,1-3H3. The number of hydrogen-bond acceptors (Lipinski definition) is 8. The number of rotatable bonds is 7. The molecule has 0 radical (unpaired) electrons. The molecule has 0 spiro atoms. The SMILES string of the molecule is COc1ccc(CN2CCc3nc(N4CCN(c5ccccc5OC)CC4)ncc3C2)c(OC)c1. The molecule has 1 fully saturated rings. The van der Waals surface area contributed by atoms with Crippen LogP contribution in [0.4, 0.5) is 11.6 Å². The van der Waals surface area contributed by atoms with E-state index in [1.54, 1.807) is 21.3 Å². The number of ether oxygens (including phenoxy) is 3. The lowest BCUT2D eigenvalue weighted by atomic mass is 10.1. The fourth-order valence-electron chi connectivity index (χ4n) is 4.91. The van der Waals surface area contributed by atoms with Crippen LogP contribution in [-0.4, -0.2) is 68.9 Å². The molecule has 0 amide bonds. The maximum Gasteiger partial charge on any atom is 0.225 e. The highest BCUT2D eigenvalue weighted by Crippen LogP contribution is 2.30. The highest BCUT2D eigenvalue weighted by Gasteiger charge is 2.24. The van der Waals surface area contributed by atoms with Crippen molar-refractivity contribution in [3.8, 4) is 17.2 Å². The molecule has 0 saturated carbocycles. The fraction of sp³-hybridized carbons (Fsp3) is 0.407. The Balaban J connectivity index is 1.22. The van der Waals surface area contributed by atoms with Gasteiger partial charge in [0.05, 0.1) is 32.7 Å². The third-order valence-electron chi connectivity index (χ3n) is 6.88. The summed E-state index contributed by atoms with van der Waals surface area (Å²) in [6, 6.07) is 14.2. The Labute approximate surface area is 207 Å². The van der Waals surface area contributed by atoms with Crippen molar-refractivity contribution in [2.45, 2.75) is 19.5 Å². The van der Waals surface area contributed by atoms with Crippen molar-refractivity contribution in [1.82, 2.24) is 14.9 Å². The molecule has 2 aromatic carbocycles. The fourth-order valence-corrected chi connectivity index (χ4v) is 4.91. The summed E-state index contributed by atoms with van der Waals surface area (Å²) < 4.78 is 16.5. The molecule has 3 heterocycles. The second-order valence-corrected chi connectivity index (χ2v) is 8.93. The molecule has 184 valence electrons. The van der Waals surface area contributed by atoms with Gasteiger partial charge in [-0.25, -0.2) is 9.97 Å². The van der Waals surface area contributed by atoms with Gasteiger partial charge in [0.1, 0.15) is 17.2 Å². The maximum atomic E-state index is 5.58. The minimum atomic E-state index is 0.805. The van der Waals surface area contributed by atoms with Crippen molar-refractivity contribution < 1.29 is 14.2 Å². The third-order valence-corrected chi connectivity index (χ3v) is 6.88. The Morgan fingerprint density at radius 1 is 0.829 bits per heavy atom. The second-order valence-electron chi connectivity index (χ2n) is 8.93. The number of nitrogens with zero attached hydrogens (tertiary/aromatic N) is 5. The van der Waals surface area contributed by atoms with E-state index in [1.165, 1.54) is 11.3 Å². The van der Waals surface area contributed by atoms with Crippen LogP contribution in [-0.2, 0) is 19.5 Å². The number of hydrogen-bond donors (Lipinski definition) is 0. The molecule has 2 aliphatic heterocycles. The van der Waals surface area contributed by atoms with E-state index in [0.717, 1.165) is 86.7 Å². The molecule has 8 nitrogen and oxygen atoms in total. The smallest absolute Gasteiger partial charge is 0.225 e. The number of para-hydroxylation sites is 2. The quantitative estimate of drug-likeness (QED) is 0.515. The van der Waals surface area contributed by atoms with E-state index in [4.69, 9.17) is 24.2 Å². The molecule has 0 atom stereocenters. The van der Waals surface area contributed by atoms with E-state index in [-0.39, 0.29) is 0 Å². The van der Waals surface area contributed by atoms with E-state index < -0.39 is 0 Å². The molecule has 2 aliphatic rings. The van der Waals surface area contributed by atoms with Crippen LogP contribution in [0, 0.1) is 0 Å². The van der Waals surface area contributed by atoms with E-state index in [2.05, 4.69) is 32.9 Å². The number of fused-ring (bicyclic) bond motifs is 1. The lowest BCUT2D eigenvalue weighted by Gasteiger charge is -2.37. The molecular weight excluding hydrogens is 442 g/mol. The Kier molecular flexibility index (Phi) is 6.90. The van der Waals surface area contributed by atoms with Gasteiger partial charge in [0.15, 0.2) is 0 Å². The van der Waals surface area contributed by atoms with Crippen LogP contribution < -0.4 is 24.0 Å². The highest BCUT2D eigenvalue weighted by molar-refractivity contribution is 5.59. The van der Waals surface area contributed by atoms with Gasteiger partial charge in [0.2, 0.25) is 5.95 Å². The lowest BCUT2D eigenvalue weighted by molar-refractivity contribution is 0.239. The minimum absolute atomic E-state index is 0.805. The summed E-state index contributed by atoms with van der Waals surface area (Å²) in [7, 11) is 5.10. The first-order chi connectivity index (χ1) is 17.2. The summed E-state index contributed by atoms with van der Waals surface area (Å²) >= 11 is 0. The zero-order valence-corrected chi connectivity index (χ0v) is 20.7. The van der Waals surface area contributed by atoms with E-state index in [0.29, 0.717) is 0 Å². The van der Waals surface area contributed by atoms with Crippen molar-refractivity contribution in [3.05, 3.63) is 65.5 Å². The minimum Gasteiger partial charge on any atom is -0.497 e. The molecule has 3 aromatic rings. The summed E-state index contributed by atoms with van der Waals surface area (Å²) in [6.07, 6.45) is 2.94. The Morgan fingerprint density at radius 2 is 1.60 bits per heavy atom. The summed E-state index contributed by atoms with van der Waals surface area (Å²) in [4.78, 5) is 16.8. The molecule has 35 heavy (non-hydrogen) atoms. The first-order valence-corrected chi connectivity index (χ1v) is 12.1. The van der Waals surface area contributed by atoms with Crippen LogP contribution in [0.3, 0.4) is 0 Å². The van der Waals surface area contributed by atoms with Gasteiger partial charge in [-0.1, -0.05) is 18.2 Å². The van der Waals surface area contributed by atoms with E-state index >= 15 is 0 Å². The van der Waals surface area contributed by atoms with Crippen molar-refractivity contribution in [2.24, 2.45) is 0 Å². The van der Waals surface area contributed by atoms with Crippen LogP contribution in [0.25, 0.3) is 0 Å². The average molecular weight is 476 g/mol. The summed E-state index contributed by atoms with van der Waals surface area (Å²) in [5, 5.41) is 0. The Bertz CT molecular complexity index is 1160. The van der Waals surface area contributed by atoms with Gasteiger partial charge in [-0.2, -0.15) is 0 Å². The zero-order valence-electron chi connectivity index (χ0n) is 20.7. The first kappa shape index (κ1) is 23.2. The molecule has 0 N–H and O–H groups in total. The summed E-state index contributed by atoms with van der Waals surface area (Å²) in [5.41, 5.74) is 4.68. The molecule has 8 heteroatoms. The molecular formula is C27H33N5O3. The lowest BCUT2D eigenvalue weighted by Crippen LogP contribution is -2.47. The van der Waals surface area contributed by atoms with Crippen molar-refractivity contribution in [1.29, 1.82) is 0 Å². The van der Waals surface area contributed by atoms with Crippen LogP contribution in [0.15, 0.2) is 48.7 Å². The van der Waals surface area contributed by atoms with Gasteiger partial charge in [-0.15, -0.1) is 0 Å². The van der Waals surface area contributed by atoms with Crippen molar-refractivity contribution in [2.75, 3.05) is 63.9 Å². The number of methoxy groups -OCH3 is 3. The van der Waals surface area contributed by atoms with Gasteiger partial charge in [-0.3, -0.25) is 4.90 Å². The highest BCUT2D eigenvalue weighted by atomic mass is 16.5. The summed E-state index contributed by atoms with van der Waals surface area (Å²) in [6.45, 7) is 6.23. The molecule has 0 aliphatic carbocycles. The summed E-state index contributed by atoms with van der Waals surface area (Å²) in [5.74, 6) is 3.42. The second kappa shape index (κ2) is 10.4. The zero-order chi connectivity index (χ0) is 24.2. The number of piperazine rings is 1. The van der Waals surface area contributed by atoms with Crippen LogP contribution in [0.1, 0.15) is 16.8 Å². The van der Waals surface area contributed by atoms with Gasteiger partial charge < -0.3 is 24.0 Å². The van der Waals surface area contributed by atoms with Crippen LogP contribution >= 0.6 is 0 Å². The largest absolute Gasteiger partial charge is 0.497 e. The average Bonchev–Trinajstić information content (AvgIpc) is 2.93. The number of aromatic nitrogens is 2. The van der Waals surface area contributed by atoms with Gasteiger partial charge in [0.25, 0.3) is 0 Å². The third kappa shape index (κ3) is 4.98. The predicted molar refractivity (Wildman–Crippen MR) is 137 cm³/mol. The maximum absolute atomic E-state index is 5.58. The molecule has 0 bridgehead atoms. The van der Waals surface area contributed by atoms with Gasteiger partial charge in [0, 0.05) is 75.6 Å². The van der Waals surface area contributed by atoms with Crippen LogP contribution in [0.5, 0.6) is 17.2 Å². The Hall–Kier alpha value is -3.52. The topological polar surface area (TPSA) is 63.2 Å². The first-order valence-electron chi connectivity index (χ1n) is 12.1. The number of benzene rings is 2. The monoisotopic (exact) mass is 475 g/mol. The molecule has 0 unspecified atom stereocenters. The Morgan fingerprint density at radius 3 is 2.37 bits per heavy atom. The number of anilines is 2. The van der Waals surface area contributed by atoms with Crippen molar-refractivity contribution in [3.63, 3.8) is 0 Å². The van der Waals surface area contributed by atoms with Crippen LogP contribution in [0.2, 0.25) is 0 Å². The molecule has 1 saturated heterocycles. The van der Waals surface area contributed by atoms with Gasteiger partial charge >= 0.3 is 0 Å². The van der Waals surface area contributed by atoms with E-state index in [9.17, 15) is 0 Å². The molecule has 5 rings (SSSR count). The van der Waals surface area contributed by atoms with E-state index in [1.807, 2.05) is 30.5 Å². The molecule has 1 aromatic heterocycles. The predicted octanol–water partition coefficient (Wildman–Crippen LogP) is 3.39.